The number of fused-ring (bicyclic) bond motifs is 1. The molecule has 0 saturated carbocycles. The Labute approximate surface area is 186 Å². The summed E-state index contributed by atoms with van der Waals surface area (Å²) in [5.41, 5.74) is 1.31. The van der Waals surface area contributed by atoms with Gasteiger partial charge in [-0.2, -0.15) is 0 Å². The number of amides is 1. The van der Waals surface area contributed by atoms with E-state index in [9.17, 15) is 13.6 Å². The van der Waals surface area contributed by atoms with Crippen molar-refractivity contribution in [2.75, 3.05) is 18.5 Å². The van der Waals surface area contributed by atoms with E-state index in [4.69, 9.17) is 4.74 Å². The zero-order valence-electron chi connectivity index (χ0n) is 17.3. The van der Waals surface area contributed by atoms with E-state index >= 15 is 0 Å². The fourth-order valence-corrected chi connectivity index (χ4v) is 3.56. The summed E-state index contributed by atoms with van der Waals surface area (Å²) in [4.78, 5) is 25.4. The molecule has 33 heavy (non-hydrogen) atoms. The summed E-state index contributed by atoms with van der Waals surface area (Å²) in [7, 11) is 0. The average molecular weight is 451 g/mol. The molecule has 11 heteroatoms. The van der Waals surface area contributed by atoms with Crippen molar-refractivity contribution in [1.29, 1.82) is 0 Å². The quantitative estimate of drug-likeness (QED) is 0.463. The van der Waals surface area contributed by atoms with Crippen LogP contribution in [0, 0.1) is 0 Å². The summed E-state index contributed by atoms with van der Waals surface area (Å²) >= 11 is 0. The normalized spacial score (nSPS) is 15.8. The molecule has 1 aliphatic rings. The first-order chi connectivity index (χ1) is 16.1. The van der Waals surface area contributed by atoms with Gasteiger partial charge in [0.05, 0.1) is 23.9 Å². The fraction of sp³-hybridized carbons (Fsp3) is 0.227. The Morgan fingerprint density at radius 1 is 1.18 bits per heavy atom. The van der Waals surface area contributed by atoms with Gasteiger partial charge in [-0.3, -0.25) is 9.78 Å². The van der Waals surface area contributed by atoms with Crippen LogP contribution in [0.15, 0.2) is 55.0 Å². The number of carbonyl (C=O) groups is 1. The van der Waals surface area contributed by atoms with Gasteiger partial charge in [0, 0.05) is 25.2 Å². The molecule has 9 nitrogen and oxygen atoms in total. The van der Waals surface area contributed by atoms with Gasteiger partial charge in [0.15, 0.2) is 5.82 Å². The topological polar surface area (TPSA) is 106 Å². The molecule has 4 aromatic rings. The maximum atomic E-state index is 13.1. The predicted octanol–water partition coefficient (Wildman–Crippen LogP) is 3.39. The van der Waals surface area contributed by atoms with Crippen LogP contribution in [0.3, 0.4) is 0 Å². The number of aromatic nitrogens is 5. The van der Waals surface area contributed by atoms with Gasteiger partial charge in [0.1, 0.15) is 16.9 Å². The molecule has 1 fully saturated rings. The molecule has 168 valence electrons. The number of nitrogens with one attached hydrogen (secondary N) is 2. The minimum absolute atomic E-state index is 0.0540. The summed E-state index contributed by atoms with van der Waals surface area (Å²) in [6, 6.07) is 9.49. The van der Waals surface area contributed by atoms with Crippen LogP contribution in [0.2, 0.25) is 0 Å². The molecule has 1 unspecified atom stereocenters. The number of hydrogen-bond acceptors (Lipinski definition) is 7. The number of ether oxygens (including phenoxy) is 1. The molecule has 5 heterocycles. The number of halogens is 2. The second-order valence-corrected chi connectivity index (χ2v) is 7.45. The van der Waals surface area contributed by atoms with Crippen LogP contribution in [0.4, 0.5) is 20.3 Å². The molecule has 5 rings (SSSR count). The third-order valence-electron chi connectivity index (χ3n) is 5.20. The molecule has 1 aliphatic heterocycles. The lowest BCUT2D eigenvalue weighted by atomic mass is 10.2. The SMILES string of the molecule is O=C(NC1CCOC1)c1cnccc1Nc1nc(-c2cccc(C(F)F)n2)nn2cccc12. The average Bonchev–Trinajstić information content (AvgIpc) is 3.51. The lowest BCUT2D eigenvalue weighted by Gasteiger charge is -2.15. The smallest absolute Gasteiger partial charge is 0.280 e. The van der Waals surface area contributed by atoms with Crippen LogP contribution in [-0.4, -0.2) is 49.7 Å². The Kier molecular flexibility index (Phi) is 5.61. The largest absolute Gasteiger partial charge is 0.379 e. The van der Waals surface area contributed by atoms with E-state index in [0.717, 1.165) is 6.42 Å². The van der Waals surface area contributed by atoms with Crippen LogP contribution in [0.5, 0.6) is 0 Å². The summed E-state index contributed by atoms with van der Waals surface area (Å²) in [5, 5.41) is 10.5. The molecule has 0 aromatic carbocycles. The van der Waals surface area contributed by atoms with E-state index in [1.807, 2.05) is 0 Å². The van der Waals surface area contributed by atoms with Gasteiger partial charge in [0.2, 0.25) is 5.82 Å². The Hall–Kier alpha value is -3.99. The Morgan fingerprint density at radius 3 is 2.91 bits per heavy atom. The first-order valence-corrected chi connectivity index (χ1v) is 10.3. The van der Waals surface area contributed by atoms with E-state index in [1.54, 1.807) is 41.2 Å². The predicted molar refractivity (Wildman–Crippen MR) is 115 cm³/mol. The summed E-state index contributed by atoms with van der Waals surface area (Å²) in [6.45, 7) is 1.08. The monoisotopic (exact) mass is 451 g/mol. The second-order valence-electron chi connectivity index (χ2n) is 7.45. The Morgan fingerprint density at radius 2 is 2.09 bits per heavy atom. The second kappa shape index (κ2) is 8.87. The molecule has 2 N–H and O–H groups in total. The number of anilines is 2. The lowest BCUT2D eigenvalue weighted by Crippen LogP contribution is -2.35. The van der Waals surface area contributed by atoms with Crippen molar-refractivity contribution in [2.24, 2.45) is 0 Å². The molecule has 1 saturated heterocycles. The first-order valence-electron chi connectivity index (χ1n) is 10.3. The zero-order chi connectivity index (χ0) is 22.8. The molecule has 4 aromatic heterocycles. The third-order valence-corrected chi connectivity index (χ3v) is 5.20. The van der Waals surface area contributed by atoms with Gasteiger partial charge in [-0.15, -0.1) is 5.10 Å². The maximum Gasteiger partial charge on any atom is 0.280 e. The number of alkyl halides is 2. The van der Waals surface area contributed by atoms with E-state index in [1.165, 1.54) is 18.3 Å². The van der Waals surface area contributed by atoms with Crippen LogP contribution < -0.4 is 10.6 Å². The van der Waals surface area contributed by atoms with E-state index in [2.05, 4.69) is 30.7 Å². The van der Waals surface area contributed by atoms with Crippen LogP contribution in [0.25, 0.3) is 17.0 Å². The highest BCUT2D eigenvalue weighted by molar-refractivity contribution is 6.00. The number of nitrogens with zero attached hydrogens (tertiary/aromatic N) is 5. The number of pyridine rings is 2. The standard InChI is InChI=1S/C22H19F2N7O2/c23-19(24)16-3-1-4-17(27-16)20-29-21(18-5-2-9-31(18)30-20)28-15-6-8-25-11-14(15)22(32)26-13-7-10-33-12-13/h1-6,8-9,11,13,19H,7,10,12H2,(H,26,32)(H,25,28,29,30). The maximum absolute atomic E-state index is 13.1. The molecule has 0 spiro atoms. The molecular formula is C22H19F2N7O2. The van der Waals surface area contributed by atoms with Crippen LogP contribution in [-0.2, 0) is 4.74 Å². The summed E-state index contributed by atoms with van der Waals surface area (Å²) < 4.78 is 33.1. The number of hydrogen-bond donors (Lipinski definition) is 2. The minimum atomic E-state index is -2.71. The van der Waals surface area contributed by atoms with Gasteiger partial charge in [-0.1, -0.05) is 6.07 Å². The van der Waals surface area contributed by atoms with Crippen molar-refractivity contribution < 1.29 is 18.3 Å². The highest BCUT2D eigenvalue weighted by Gasteiger charge is 2.21. The van der Waals surface area contributed by atoms with Gasteiger partial charge in [-0.25, -0.2) is 23.3 Å². The van der Waals surface area contributed by atoms with Gasteiger partial charge < -0.3 is 15.4 Å². The number of rotatable bonds is 6. The summed E-state index contributed by atoms with van der Waals surface area (Å²) in [5.74, 6) is 0.263. The molecular weight excluding hydrogens is 432 g/mol. The van der Waals surface area contributed by atoms with Crippen LogP contribution >= 0.6 is 0 Å². The number of carbonyl (C=O) groups excluding carboxylic acids is 1. The van der Waals surface area contributed by atoms with Crippen molar-refractivity contribution in [3.8, 4) is 11.5 Å². The molecule has 0 bridgehead atoms. The highest BCUT2D eigenvalue weighted by atomic mass is 19.3. The molecule has 1 amide bonds. The van der Waals surface area contributed by atoms with Gasteiger partial charge >= 0.3 is 0 Å². The van der Waals surface area contributed by atoms with E-state index in [0.29, 0.717) is 35.8 Å². The Balaban J connectivity index is 1.51. The van der Waals surface area contributed by atoms with E-state index in [-0.39, 0.29) is 29.2 Å². The van der Waals surface area contributed by atoms with E-state index < -0.39 is 6.43 Å². The zero-order valence-corrected chi connectivity index (χ0v) is 17.3. The van der Waals surface area contributed by atoms with Crippen LogP contribution in [0.1, 0.15) is 28.9 Å². The minimum Gasteiger partial charge on any atom is -0.379 e. The van der Waals surface area contributed by atoms with Gasteiger partial charge in [-0.05, 0) is 36.8 Å². The Bertz CT molecular complexity index is 1300. The molecule has 0 radical (unpaired) electrons. The lowest BCUT2D eigenvalue weighted by molar-refractivity contribution is 0.0930. The van der Waals surface area contributed by atoms with Crippen molar-refractivity contribution in [2.45, 2.75) is 18.9 Å². The highest BCUT2D eigenvalue weighted by Crippen LogP contribution is 2.26. The summed E-state index contributed by atoms with van der Waals surface area (Å²) in [6.07, 6.45) is 2.78. The first kappa shape index (κ1) is 20.9. The fourth-order valence-electron chi connectivity index (χ4n) is 3.56. The molecule has 1 atom stereocenters. The van der Waals surface area contributed by atoms with Crippen molar-refractivity contribution in [3.05, 3.63) is 66.2 Å². The van der Waals surface area contributed by atoms with Gasteiger partial charge in [0.25, 0.3) is 12.3 Å². The van der Waals surface area contributed by atoms with Crippen molar-refractivity contribution in [3.63, 3.8) is 0 Å². The molecule has 0 aliphatic carbocycles. The third kappa shape index (κ3) is 4.35. The van der Waals surface area contributed by atoms with Crippen molar-refractivity contribution in [1.82, 2.24) is 29.9 Å². The van der Waals surface area contributed by atoms with Crippen molar-refractivity contribution >= 4 is 22.9 Å².